The van der Waals surface area contributed by atoms with E-state index in [1.807, 2.05) is 0 Å². The molecule has 162 valence electrons. The van der Waals surface area contributed by atoms with Gasteiger partial charge in [0.15, 0.2) is 5.75 Å². The van der Waals surface area contributed by atoms with Crippen LogP contribution in [0.4, 0.5) is 13.2 Å². The molecule has 0 saturated carbocycles. The quantitative estimate of drug-likeness (QED) is 0.519. The summed E-state index contributed by atoms with van der Waals surface area (Å²) in [6.07, 6.45) is -5.15. The lowest BCUT2D eigenvalue weighted by molar-refractivity contribution is -0.372. The number of amides is 2. The van der Waals surface area contributed by atoms with Gasteiger partial charge in [-0.2, -0.15) is 18.1 Å². The summed E-state index contributed by atoms with van der Waals surface area (Å²) in [6.45, 7) is 1.42. The van der Waals surface area contributed by atoms with E-state index in [2.05, 4.69) is 5.32 Å². The fourth-order valence-electron chi connectivity index (χ4n) is 2.59. The van der Waals surface area contributed by atoms with E-state index in [1.54, 1.807) is 0 Å². The van der Waals surface area contributed by atoms with Crippen molar-refractivity contribution in [3.63, 3.8) is 0 Å². The average molecular weight is 445 g/mol. The smallest absolute Gasteiger partial charge is 0.353 e. The van der Waals surface area contributed by atoms with Gasteiger partial charge in [-0.15, -0.1) is 0 Å². The lowest BCUT2D eigenvalue weighted by Crippen LogP contribution is -2.56. The van der Waals surface area contributed by atoms with Crippen LogP contribution in [0.3, 0.4) is 0 Å². The molecule has 0 spiro atoms. The van der Waals surface area contributed by atoms with Gasteiger partial charge in [-0.1, -0.05) is 41.9 Å². The van der Waals surface area contributed by atoms with Gasteiger partial charge in [0, 0.05) is 32.3 Å². The van der Waals surface area contributed by atoms with Gasteiger partial charge < -0.3 is 15.1 Å². The van der Waals surface area contributed by atoms with Gasteiger partial charge in [0.2, 0.25) is 0 Å². The van der Waals surface area contributed by atoms with Crippen LogP contribution in [-0.2, 0) is 15.3 Å². The fourth-order valence-corrected chi connectivity index (χ4v) is 2.84. The summed E-state index contributed by atoms with van der Waals surface area (Å²) >= 11 is 6.05. The third-order valence-corrected chi connectivity index (χ3v) is 4.39. The third-order valence-electron chi connectivity index (χ3n) is 4.08. The van der Waals surface area contributed by atoms with E-state index >= 15 is 0 Å². The summed E-state index contributed by atoms with van der Waals surface area (Å²) in [6, 6.07) is 10.0. The van der Waals surface area contributed by atoms with Crippen molar-refractivity contribution in [3.8, 4) is 5.75 Å². The van der Waals surface area contributed by atoms with Gasteiger partial charge in [-0.25, -0.2) is 0 Å². The van der Waals surface area contributed by atoms with Crippen LogP contribution in [0.25, 0.3) is 0 Å². The van der Waals surface area contributed by atoms with Gasteiger partial charge >= 0.3 is 11.8 Å². The number of benzene rings is 2. The maximum absolute atomic E-state index is 14.1. The van der Waals surface area contributed by atoms with Crippen molar-refractivity contribution in [2.75, 3.05) is 20.6 Å². The number of likely N-dealkylation sites (N-methyl/N-ethyl adjacent to an activating group) is 1. The second kappa shape index (κ2) is 9.36. The van der Waals surface area contributed by atoms with Crippen molar-refractivity contribution in [1.29, 1.82) is 0 Å². The number of alkyl halides is 3. The van der Waals surface area contributed by atoms with E-state index < -0.39 is 29.2 Å². The summed E-state index contributed by atoms with van der Waals surface area (Å²) < 4.78 is 42.4. The molecule has 0 saturated heterocycles. The number of hydrogen-bond donors (Lipinski definition) is 1. The maximum atomic E-state index is 14.1. The molecule has 10 heteroatoms. The third kappa shape index (κ3) is 4.68. The average Bonchev–Trinajstić information content (AvgIpc) is 2.68. The Labute approximate surface area is 176 Å². The highest BCUT2D eigenvalue weighted by Gasteiger charge is 2.65. The molecule has 2 rings (SSSR count). The molecule has 0 aliphatic carbocycles. The topological polar surface area (TPSA) is 67.9 Å². The molecule has 0 aliphatic rings. The van der Waals surface area contributed by atoms with Crippen LogP contribution in [0.2, 0.25) is 5.02 Å². The van der Waals surface area contributed by atoms with E-state index in [0.717, 1.165) is 18.2 Å². The van der Waals surface area contributed by atoms with Crippen LogP contribution >= 0.6 is 11.6 Å². The summed E-state index contributed by atoms with van der Waals surface area (Å²) in [5.74, 6) is -2.05. The molecular formula is C20H20ClF3N2O4. The maximum Gasteiger partial charge on any atom is 0.435 e. The molecule has 0 aliphatic heterocycles. The monoisotopic (exact) mass is 444 g/mol. The van der Waals surface area contributed by atoms with Crippen LogP contribution in [0.15, 0.2) is 48.5 Å². The standard InChI is InChI=1S/C20H20ClF3N2O4/c1-4-25-18(28)19(20(22,23)24,13-8-6-5-7-9-13)30-29-14-10-11-15(16(21)12-14)17(27)26(2)3/h5-12H,4H2,1-3H3,(H,25,28)/t19-/m1/s1. The Hall–Kier alpha value is -2.78. The van der Waals surface area contributed by atoms with E-state index in [4.69, 9.17) is 21.4 Å². The van der Waals surface area contributed by atoms with Crippen LogP contribution in [0, 0.1) is 0 Å². The molecule has 6 nitrogen and oxygen atoms in total. The Bertz CT molecular complexity index is 907. The largest absolute Gasteiger partial charge is 0.435 e. The Morgan fingerprint density at radius 1 is 1.10 bits per heavy atom. The normalized spacial score (nSPS) is 13.3. The van der Waals surface area contributed by atoms with Crippen molar-refractivity contribution in [2.45, 2.75) is 18.7 Å². The molecule has 0 unspecified atom stereocenters. The second-order valence-electron chi connectivity index (χ2n) is 6.41. The van der Waals surface area contributed by atoms with Crippen LogP contribution < -0.4 is 10.2 Å². The number of halogens is 4. The molecule has 0 radical (unpaired) electrons. The number of rotatable bonds is 7. The number of carbonyl (C=O) groups excluding carboxylic acids is 2. The van der Waals surface area contributed by atoms with E-state index in [-0.39, 0.29) is 22.9 Å². The Morgan fingerprint density at radius 3 is 2.23 bits per heavy atom. The number of hydrogen-bond acceptors (Lipinski definition) is 4. The highest BCUT2D eigenvalue weighted by Crippen LogP contribution is 2.43. The number of carbonyl (C=O) groups is 2. The summed E-state index contributed by atoms with van der Waals surface area (Å²) in [4.78, 5) is 35.5. The highest BCUT2D eigenvalue weighted by atomic mass is 35.5. The van der Waals surface area contributed by atoms with Crippen molar-refractivity contribution in [3.05, 3.63) is 64.7 Å². The Kier molecular flexibility index (Phi) is 7.33. The minimum atomic E-state index is -5.15. The minimum absolute atomic E-state index is 0.0508. The molecule has 0 heterocycles. The van der Waals surface area contributed by atoms with Gasteiger partial charge in [0.1, 0.15) is 0 Å². The molecule has 1 N–H and O–H groups in total. The van der Waals surface area contributed by atoms with Gasteiger partial charge in [-0.3, -0.25) is 9.59 Å². The first-order valence-corrected chi connectivity index (χ1v) is 9.19. The molecule has 2 aromatic carbocycles. The fraction of sp³-hybridized carbons (Fsp3) is 0.300. The minimum Gasteiger partial charge on any atom is -0.353 e. The van der Waals surface area contributed by atoms with Crippen LogP contribution in [-0.4, -0.2) is 43.5 Å². The van der Waals surface area contributed by atoms with Gasteiger partial charge in [-0.05, 0) is 19.1 Å². The van der Waals surface area contributed by atoms with Gasteiger partial charge in [0.25, 0.3) is 11.8 Å². The lowest BCUT2D eigenvalue weighted by atomic mass is 9.92. The van der Waals surface area contributed by atoms with Crippen LogP contribution in [0.5, 0.6) is 5.75 Å². The molecular weight excluding hydrogens is 425 g/mol. The zero-order valence-electron chi connectivity index (χ0n) is 16.4. The predicted molar refractivity (Wildman–Crippen MR) is 104 cm³/mol. The molecule has 0 fully saturated rings. The van der Waals surface area contributed by atoms with Crippen molar-refractivity contribution in [2.24, 2.45) is 0 Å². The zero-order chi connectivity index (χ0) is 22.5. The zero-order valence-corrected chi connectivity index (χ0v) is 17.2. The molecule has 2 aromatic rings. The van der Waals surface area contributed by atoms with E-state index in [1.165, 1.54) is 56.3 Å². The lowest BCUT2D eigenvalue weighted by Gasteiger charge is -2.32. The first kappa shape index (κ1) is 23.5. The molecule has 30 heavy (non-hydrogen) atoms. The molecule has 0 aromatic heterocycles. The van der Waals surface area contributed by atoms with Gasteiger partial charge in [0.05, 0.1) is 10.6 Å². The summed E-state index contributed by atoms with van der Waals surface area (Å²) in [5, 5.41) is 2.08. The summed E-state index contributed by atoms with van der Waals surface area (Å²) in [5.41, 5.74) is -3.76. The van der Waals surface area contributed by atoms with Crippen molar-refractivity contribution < 1.29 is 32.5 Å². The van der Waals surface area contributed by atoms with Crippen LogP contribution in [0.1, 0.15) is 22.8 Å². The summed E-state index contributed by atoms with van der Waals surface area (Å²) in [7, 11) is 3.05. The van der Waals surface area contributed by atoms with E-state index in [9.17, 15) is 22.8 Å². The first-order valence-electron chi connectivity index (χ1n) is 8.82. The second-order valence-corrected chi connectivity index (χ2v) is 6.82. The van der Waals surface area contributed by atoms with Crippen molar-refractivity contribution >= 4 is 23.4 Å². The Balaban J connectivity index is 2.44. The molecule has 0 bridgehead atoms. The number of nitrogens with zero attached hydrogens (tertiary/aromatic N) is 1. The molecule has 2 amide bonds. The first-order chi connectivity index (χ1) is 14.0. The predicted octanol–water partition coefficient (Wildman–Crippen LogP) is 3.95. The number of nitrogens with one attached hydrogen (secondary N) is 1. The highest BCUT2D eigenvalue weighted by molar-refractivity contribution is 6.34. The SMILES string of the molecule is CCNC(=O)[C@](OOc1ccc(C(=O)N(C)C)c(Cl)c1)(c1ccccc1)C(F)(F)F. The Morgan fingerprint density at radius 2 is 1.73 bits per heavy atom. The molecule has 1 atom stereocenters. The van der Waals surface area contributed by atoms with E-state index in [0.29, 0.717) is 0 Å². The van der Waals surface area contributed by atoms with Crippen molar-refractivity contribution in [1.82, 2.24) is 10.2 Å².